The van der Waals surface area contributed by atoms with Crippen LogP contribution in [0.2, 0.25) is 0 Å². The molecule has 180 valence electrons. The van der Waals surface area contributed by atoms with Crippen LogP contribution in [0.15, 0.2) is 48.5 Å². The molecule has 1 saturated heterocycles. The van der Waals surface area contributed by atoms with E-state index in [9.17, 15) is 9.59 Å². The summed E-state index contributed by atoms with van der Waals surface area (Å²) in [5, 5.41) is 6.94. The maximum atomic E-state index is 12.7. The van der Waals surface area contributed by atoms with Crippen molar-refractivity contribution in [2.24, 2.45) is 0 Å². The fraction of sp³-hybridized carbons (Fsp3) is 0.407. The first-order chi connectivity index (χ1) is 16.3. The third-order valence-corrected chi connectivity index (χ3v) is 6.16. The van der Waals surface area contributed by atoms with E-state index in [1.807, 2.05) is 30.3 Å². The fourth-order valence-corrected chi connectivity index (χ4v) is 4.06. The third-order valence-electron chi connectivity index (χ3n) is 6.16. The van der Waals surface area contributed by atoms with Crippen LogP contribution in [0.5, 0.6) is 0 Å². The van der Waals surface area contributed by atoms with Crippen LogP contribution in [-0.2, 0) is 21.5 Å². The number of aromatic nitrogens is 1. The van der Waals surface area contributed by atoms with E-state index in [2.05, 4.69) is 59.5 Å². The van der Waals surface area contributed by atoms with Crippen molar-refractivity contribution in [1.29, 1.82) is 0 Å². The van der Waals surface area contributed by atoms with Crippen molar-refractivity contribution in [2.45, 2.75) is 39.2 Å². The van der Waals surface area contributed by atoms with E-state index in [0.29, 0.717) is 18.7 Å². The van der Waals surface area contributed by atoms with Crippen molar-refractivity contribution in [3.05, 3.63) is 65.4 Å². The van der Waals surface area contributed by atoms with Crippen molar-refractivity contribution in [1.82, 2.24) is 15.2 Å². The van der Waals surface area contributed by atoms with E-state index in [1.165, 1.54) is 5.56 Å². The standard InChI is InChI=1S/C27H34N4O3/c1-27(2,3)21-8-7-20-16-24(30-23(20)17-21)26(33)28-18-19-5-4-6-22(15-19)29-25(32)9-10-31-11-13-34-14-12-31/h4-8,15-17,30H,9-14,18H2,1-3H3,(H,28,33)(H,29,32). The second-order valence-electron chi connectivity index (χ2n) is 9.87. The average Bonchev–Trinajstić information content (AvgIpc) is 3.25. The molecule has 7 nitrogen and oxygen atoms in total. The minimum atomic E-state index is -0.159. The van der Waals surface area contributed by atoms with Crippen LogP contribution in [-0.4, -0.2) is 54.5 Å². The lowest BCUT2D eigenvalue weighted by molar-refractivity contribution is -0.116. The molecule has 0 saturated carbocycles. The Labute approximate surface area is 200 Å². The van der Waals surface area contributed by atoms with Gasteiger partial charge in [-0.05, 0) is 40.8 Å². The number of ether oxygens (including phenoxy) is 1. The number of rotatable bonds is 7. The lowest BCUT2D eigenvalue weighted by Crippen LogP contribution is -2.38. The number of carbonyl (C=O) groups is 2. The van der Waals surface area contributed by atoms with Gasteiger partial charge in [-0.15, -0.1) is 0 Å². The van der Waals surface area contributed by atoms with Crippen LogP contribution >= 0.6 is 0 Å². The molecule has 1 aromatic heterocycles. The molecular weight excluding hydrogens is 428 g/mol. The average molecular weight is 463 g/mol. The number of anilines is 1. The van der Waals surface area contributed by atoms with E-state index < -0.39 is 0 Å². The van der Waals surface area contributed by atoms with Gasteiger partial charge in [0, 0.05) is 49.2 Å². The molecule has 2 amide bonds. The Hall–Kier alpha value is -3.16. The summed E-state index contributed by atoms with van der Waals surface area (Å²) in [7, 11) is 0. The molecule has 4 rings (SSSR count). The molecule has 0 aliphatic carbocycles. The number of carbonyl (C=O) groups excluding carboxylic acids is 2. The number of fused-ring (bicyclic) bond motifs is 1. The highest BCUT2D eigenvalue weighted by molar-refractivity contribution is 5.98. The second-order valence-corrected chi connectivity index (χ2v) is 9.87. The van der Waals surface area contributed by atoms with Gasteiger partial charge in [-0.2, -0.15) is 0 Å². The molecule has 3 N–H and O–H groups in total. The molecule has 2 aromatic carbocycles. The van der Waals surface area contributed by atoms with Crippen molar-refractivity contribution in [3.63, 3.8) is 0 Å². The largest absolute Gasteiger partial charge is 0.379 e. The van der Waals surface area contributed by atoms with Gasteiger partial charge in [0.05, 0.1) is 13.2 Å². The highest BCUT2D eigenvalue weighted by Crippen LogP contribution is 2.26. The number of nitrogens with zero attached hydrogens (tertiary/aromatic N) is 1. The highest BCUT2D eigenvalue weighted by Gasteiger charge is 2.16. The summed E-state index contributed by atoms with van der Waals surface area (Å²) in [5.41, 5.74) is 4.42. The topological polar surface area (TPSA) is 86.5 Å². The Bertz CT molecular complexity index is 1160. The van der Waals surface area contributed by atoms with Crippen molar-refractivity contribution in [2.75, 3.05) is 38.2 Å². The predicted molar refractivity (Wildman–Crippen MR) is 135 cm³/mol. The van der Waals surface area contributed by atoms with Crippen LogP contribution in [0.4, 0.5) is 5.69 Å². The molecule has 1 fully saturated rings. The number of morpholine rings is 1. The monoisotopic (exact) mass is 462 g/mol. The molecule has 1 aliphatic heterocycles. The Morgan fingerprint density at radius 1 is 1.06 bits per heavy atom. The van der Waals surface area contributed by atoms with Crippen LogP contribution in [0.3, 0.4) is 0 Å². The Balaban J connectivity index is 1.31. The van der Waals surface area contributed by atoms with E-state index in [4.69, 9.17) is 4.74 Å². The summed E-state index contributed by atoms with van der Waals surface area (Å²) in [6.07, 6.45) is 0.443. The number of amides is 2. The molecule has 0 unspecified atom stereocenters. The Morgan fingerprint density at radius 3 is 2.62 bits per heavy atom. The zero-order valence-electron chi connectivity index (χ0n) is 20.2. The molecular formula is C27H34N4O3. The first-order valence-corrected chi connectivity index (χ1v) is 11.9. The fourth-order valence-electron chi connectivity index (χ4n) is 4.06. The predicted octanol–water partition coefficient (Wildman–Crippen LogP) is 4.06. The van der Waals surface area contributed by atoms with Gasteiger partial charge in [-0.25, -0.2) is 0 Å². The molecule has 0 radical (unpaired) electrons. The quantitative estimate of drug-likeness (QED) is 0.494. The van der Waals surface area contributed by atoms with Crippen LogP contribution in [0.1, 0.15) is 48.8 Å². The van der Waals surface area contributed by atoms with Crippen molar-refractivity contribution >= 4 is 28.4 Å². The molecule has 0 spiro atoms. The lowest BCUT2D eigenvalue weighted by Gasteiger charge is -2.26. The van der Waals surface area contributed by atoms with Gasteiger partial charge in [-0.3, -0.25) is 14.5 Å². The van der Waals surface area contributed by atoms with E-state index in [-0.39, 0.29) is 17.2 Å². The van der Waals surface area contributed by atoms with Crippen LogP contribution in [0, 0.1) is 0 Å². The van der Waals surface area contributed by atoms with E-state index in [1.54, 1.807) is 0 Å². The Morgan fingerprint density at radius 2 is 1.85 bits per heavy atom. The van der Waals surface area contributed by atoms with Gasteiger partial charge >= 0.3 is 0 Å². The smallest absolute Gasteiger partial charge is 0.267 e. The number of benzene rings is 2. The second kappa shape index (κ2) is 10.4. The summed E-state index contributed by atoms with van der Waals surface area (Å²) in [6, 6.07) is 15.7. The maximum Gasteiger partial charge on any atom is 0.267 e. The summed E-state index contributed by atoms with van der Waals surface area (Å²) >= 11 is 0. The Kier molecular flexibility index (Phi) is 7.34. The van der Waals surface area contributed by atoms with Gasteiger partial charge in [0.15, 0.2) is 0 Å². The molecule has 2 heterocycles. The summed E-state index contributed by atoms with van der Waals surface area (Å²) in [6.45, 7) is 10.8. The molecule has 0 atom stereocenters. The summed E-state index contributed by atoms with van der Waals surface area (Å²) in [5.74, 6) is -0.172. The van der Waals surface area contributed by atoms with Gasteiger partial charge in [0.1, 0.15) is 5.69 Å². The van der Waals surface area contributed by atoms with Crippen LogP contribution in [0.25, 0.3) is 10.9 Å². The first kappa shape index (κ1) is 24.0. The number of aromatic amines is 1. The van der Waals surface area contributed by atoms with Crippen molar-refractivity contribution in [3.8, 4) is 0 Å². The molecule has 0 bridgehead atoms. The van der Waals surface area contributed by atoms with E-state index in [0.717, 1.165) is 55.0 Å². The lowest BCUT2D eigenvalue weighted by atomic mass is 9.87. The molecule has 1 aliphatic rings. The number of H-pyrrole nitrogens is 1. The van der Waals surface area contributed by atoms with Crippen molar-refractivity contribution < 1.29 is 14.3 Å². The summed E-state index contributed by atoms with van der Waals surface area (Å²) in [4.78, 5) is 30.6. The normalized spacial score (nSPS) is 14.8. The van der Waals surface area contributed by atoms with Crippen LogP contribution < -0.4 is 10.6 Å². The number of nitrogens with one attached hydrogen (secondary N) is 3. The number of hydrogen-bond acceptors (Lipinski definition) is 4. The van der Waals surface area contributed by atoms with Gasteiger partial charge in [-0.1, -0.05) is 45.0 Å². The van der Waals surface area contributed by atoms with Gasteiger partial charge in [0.2, 0.25) is 5.91 Å². The van der Waals surface area contributed by atoms with Gasteiger partial charge < -0.3 is 20.4 Å². The minimum absolute atomic E-state index is 0.0135. The zero-order chi connectivity index (χ0) is 24.1. The van der Waals surface area contributed by atoms with E-state index >= 15 is 0 Å². The first-order valence-electron chi connectivity index (χ1n) is 11.9. The molecule has 3 aromatic rings. The maximum absolute atomic E-state index is 12.7. The van der Waals surface area contributed by atoms with Gasteiger partial charge in [0.25, 0.3) is 5.91 Å². The zero-order valence-corrected chi connectivity index (χ0v) is 20.2. The molecule has 34 heavy (non-hydrogen) atoms. The SMILES string of the molecule is CC(C)(C)c1ccc2cc(C(=O)NCc3cccc(NC(=O)CCN4CCOCC4)c3)[nH]c2c1. The number of hydrogen-bond donors (Lipinski definition) is 3. The molecule has 7 heteroatoms. The highest BCUT2D eigenvalue weighted by atomic mass is 16.5. The minimum Gasteiger partial charge on any atom is -0.379 e. The summed E-state index contributed by atoms with van der Waals surface area (Å²) < 4.78 is 5.34. The third kappa shape index (κ3) is 6.24.